The number of carbonyl (C=O) groups is 1. The number of aliphatic hydroxyl groups excluding tert-OH is 1. The number of hydrogen-bond acceptors (Lipinski definition) is 5. The van der Waals surface area contributed by atoms with Gasteiger partial charge in [-0.05, 0) is 57.8 Å². The first-order valence-electron chi connectivity index (χ1n) is 32.5. The van der Waals surface area contributed by atoms with Crippen molar-refractivity contribution in [2.24, 2.45) is 0 Å². The Morgan fingerprint density at radius 1 is 0.453 bits per heavy atom. The van der Waals surface area contributed by atoms with Crippen LogP contribution in [-0.2, 0) is 18.4 Å². The van der Waals surface area contributed by atoms with Crippen LogP contribution in [0.15, 0.2) is 48.6 Å². The first kappa shape index (κ1) is 73.5. The molecule has 0 aromatic heterocycles. The molecule has 0 aromatic rings. The minimum atomic E-state index is -4.34. The number of unbranched alkanes of at least 4 members (excludes halogenated alkanes) is 41. The molecular formula is C66H128N2O6P+. The fourth-order valence-electron chi connectivity index (χ4n) is 9.70. The zero-order chi connectivity index (χ0) is 54.9. The summed E-state index contributed by atoms with van der Waals surface area (Å²) in [6.07, 6.45) is 76.8. The van der Waals surface area contributed by atoms with Crippen LogP contribution in [0.3, 0.4) is 0 Å². The van der Waals surface area contributed by atoms with Crippen molar-refractivity contribution in [2.45, 2.75) is 328 Å². The summed E-state index contributed by atoms with van der Waals surface area (Å²) in [5.74, 6) is -0.172. The van der Waals surface area contributed by atoms with E-state index in [-0.39, 0.29) is 19.1 Å². The summed E-state index contributed by atoms with van der Waals surface area (Å²) in [7, 11) is 1.58. The summed E-state index contributed by atoms with van der Waals surface area (Å²) in [5, 5.41) is 13.9. The number of carbonyl (C=O) groups excluding carboxylic acids is 1. The maximum atomic E-state index is 13.0. The molecule has 0 aliphatic rings. The normalized spacial score (nSPS) is 14.1. The molecule has 0 rings (SSSR count). The van der Waals surface area contributed by atoms with Crippen molar-refractivity contribution in [2.75, 3.05) is 40.9 Å². The van der Waals surface area contributed by atoms with Crippen LogP contribution in [0.4, 0.5) is 0 Å². The Kier molecular flexibility index (Phi) is 56.0. The Labute approximate surface area is 467 Å². The van der Waals surface area contributed by atoms with Gasteiger partial charge in [0.25, 0.3) is 0 Å². The summed E-state index contributed by atoms with van der Waals surface area (Å²) >= 11 is 0. The van der Waals surface area contributed by atoms with E-state index in [4.69, 9.17) is 9.05 Å². The van der Waals surface area contributed by atoms with Crippen LogP contribution >= 0.6 is 7.82 Å². The van der Waals surface area contributed by atoms with Crippen LogP contribution < -0.4 is 5.32 Å². The third-order valence-electron chi connectivity index (χ3n) is 14.8. The Morgan fingerprint density at radius 2 is 0.760 bits per heavy atom. The van der Waals surface area contributed by atoms with Gasteiger partial charge in [-0.15, -0.1) is 0 Å². The van der Waals surface area contributed by atoms with E-state index < -0.39 is 20.0 Å². The van der Waals surface area contributed by atoms with Gasteiger partial charge in [0.15, 0.2) is 0 Å². The molecule has 0 bridgehead atoms. The van der Waals surface area contributed by atoms with Crippen molar-refractivity contribution < 1.29 is 32.9 Å². The molecule has 8 nitrogen and oxygen atoms in total. The summed E-state index contributed by atoms with van der Waals surface area (Å²) in [6, 6.07) is -0.845. The maximum Gasteiger partial charge on any atom is 0.472 e. The average molecular weight is 1080 g/mol. The smallest absolute Gasteiger partial charge is 0.387 e. The number of quaternary nitrogens is 1. The van der Waals surface area contributed by atoms with Gasteiger partial charge in [0.05, 0.1) is 39.9 Å². The molecule has 9 heteroatoms. The first-order chi connectivity index (χ1) is 36.5. The van der Waals surface area contributed by atoms with Gasteiger partial charge >= 0.3 is 7.82 Å². The number of nitrogens with one attached hydrogen (secondary N) is 1. The molecule has 0 aromatic carbocycles. The van der Waals surface area contributed by atoms with E-state index in [1.807, 2.05) is 27.2 Å². The standard InChI is InChI=1S/C66H127N2O6P/c1-6-8-10-12-14-16-18-20-22-23-24-25-26-27-28-29-30-31-32-33-34-35-36-37-38-39-40-41-42-43-44-45-46-48-50-52-54-56-58-60-66(70)67-64(63-74-75(71,72)73-62-61-68(3,4)5)65(69)59-57-55-53-51-49-47-21-19-17-15-13-11-9-7-2/h18,20,23-24,26-27,57,59,64-65,69H,6-17,19,21-22,25,28-56,58,60-63H2,1-5H3,(H-,67,70,71,72)/p+1/b20-18-,24-23-,27-26-,59-57+. The highest BCUT2D eigenvalue weighted by Gasteiger charge is 2.28. The molecule has 3 unspecified atom stereocenters. The highest BCUT2D eigenvalue weighted by atomic mass is 31.2. The van der Waals surface area contributed by atoms with E-state index >= 15 is 0 Å². The number of aliphatic hydroxyl groups is 1. The van der Waals surface area contributed by atoms with E-state index in [0.29, 0.717) is 17.4 Å². The number of allylic oxidation sites excluding steroid dienone is 7. The van der Waals surface area contributed by atoms with Crippen molar-refractivity contribution in [3.05, 3.63) is 48.6 Å². The molecule has 75 heavy (non-hydrogen) atoms. The first-order valence-corrected chi connectivity index (χ1v) is 34.0. The highest BCUT2D eigenvalue weighted by Crippen LogP contribution is 2.43. The number of rotatable bonds is 60. The molecule has 0 fully saturated rings. The molecule has 1 amide bonds. The summed E-state index contributed by atoms with van der Waals surface area (Å²) in [6.45, 7) is 4.83. The Hall–Kier alpha value is -1.54. The number of likely N-dealkylation sites (N-methyl/N-ethyl adjacent to an activating group) is 1. The van der Waals surface area contributed by atoms with Gasteiger partial charge in [0, 0.05) is 6.42 Å². The number of nitrogens with zero attached hydrogens (tertiary/aromatic N) is 1. The lowest BCUT2D eigenvalue weighted by Crippen LogP contribution is -2.45. The van der Waals surface area contributed by atoms with Crippen molar-refractivity contribution in [1.29, 1.82) is 0 Å². The van der Waals surface area contributed by atoms with Gasteiger partial charge in [0.2, 0.25) is 5.91 Å². The third kappa shape index (κ3) is 60.0. The molecule has 0 heterocycles. The number of phosphoric ester groups is 1. The van der Waals surface area contributed by atoms with Crippen LogP contribution in [0.5, 0.6) is 0 Å². The van der Waals surface area contributed by atoms with Crippen molar-refractivity contribution in [1.82, 2.24) is 5.32 Å². The molecule has 3 N–H and O–H groups in total. The summed E-state index contributed by atoms with van der Waals surface area (Å²) in [4.78, 5) is 23.3. The second-order valence-corrected chi connectivity index (χ2v) is 24.9. The second-order valence-electron chi connectivity index (χ2n) is 23.5. The lowest BCUT2D eigenvalue weighted by molar-refractivity contribution is -0.870. The topological polar surface area (TPSA) is 105 Å². The zero-order valence-corrected chi connectivity index (χ0v) is 51.4. The average Bonchev–Trinajstić information content (AvgIpc) is 3.37. The summed E-state index contributed by atoms with van der Waals surface area (Å²) in [5.41, 5.74) is 0. The van der Waals surface area contributed by atoms with Gasteiger partial charge in [-0.2, -0.15) is 0 Å². The lowest BCUT2D eigenvalue weighted by Gasteiger charge is -2.25. The fraction of sp³-hybridized carbons (Fsp3) is 0.864. The molecule has 0 aliphatic heterocycles. The van der Waals surface area contributed by atoms with Gasteiger partial charge in [-0.25, -0.2) is 4.57 Å². The van der Waals surface area contributed by atoms with Crippen molar-refractivity contribution in [3.63, 3.8) is 0 Å². The molecule has 0 saturated heterocycles. The maximum absolute atomic E-state index is 13.0. The van der Waals surface area contributed by atoms with E-state index in [9.17, 15) is 19.4 Å². The summed E-state index contributed by atoms with van der Waals surface area (Å²) < 4.78 is 23.7. The minimum Gasteiger partial charge on any atom is -0.387 e. The van der Waals surface area contributed by atoms with Crippen LogP contribution in [0.2, 0.25) is 0 Å². The third-order valence-corrected chi connectivity index (χ3v) is 15.8. The number of hydrogen-bond donors (Lipinski definition) is 3. The van der Waals surface area contributed by atoms with E-state index in [1.54, 1.807) is 6.08 Å². The number of phosphoric acid groups is 1. The van der Waals surface area contributed by atoms with Crippen molar-refractivity contribution in [3.8, 4) is 0 Å². The van der Waals surface area contributed by atoms with E-state index in [2.05, 4.69) is 55.6 Å². The van der Waals surface area contributed by atoms with Crippen LogP contribution in [-0.4, -0.2) is 73.4 Å². The molecular weight excluding hydrogens is 948 g/mol. The monoisotopic (exact) mass is 1080 g/mol. The molecule has 442 valence electrons. The molecule has 0 radical (unpaired) electrons. The molecule has 0 spiro atoms. The Bertz CT molecular complexity index is 1360. The molecule has 0 saturated carbocycles. The Balaban J connectivity index is 3.89. The molecule has 0 aliphatic carbocycles. The van der Waals surface area contributed by atoms with Gasteiger partial charge in [-0.3, -0.25) is 13.8 Å². The predicted octanol–water partition coefficient (Wildman–Crippen LogP) is 20.3. The van der Waals surface area contributed by atoms with E-state index in [1.165, 1.54) is 244 Å². The minimum absolute atomic E-state index is 0.0630. The van der Waals surface area contributed by atoms with Gasteiger partial charge in [0.1, 0.15) is 13.2 Å². The Morgan fingerprint density at radius 3 is 1.11 bits per heavy atom. The van der Waals surface area contributed by atoms with Gasteiger partial charge < -0.3 is 19.8 Å². The van der Waals surface area contributed by atoms with Crippen molar-refractivity contribution >= 4 is 13.7 Å². The number of amides is 1. The van der Waals surface area contributed by atoms with Crippen LogP contribution in [0.25, 0.3) is 0 Å². The predicted molar refractivity (Wildman–Crippen MR) is 327 cm³/mol. The van der Waals surface area contributed by atoms with Crippen LogP contribution in [0.1, 0.15) is 316 Å². The second kappa shape index (κ2) is 57.2. The van der Waals surface area contributed by atoms with E-state index in [0.717, 1.165) is 51.4 Å². The zero-order valence-electron chi connectivity index (χ0n) is 50.6. The van der Waals surface area contributed by atoms with Gasteiger partial charge in [-0.1, -0.05) is 300 Å². The SMILES string of the molecule is CCCCCCC/C=C\C/C=C\C/C=C\CCCCCCCCCCCCCCCCCCCCCCCCCCC(=O)NC(COP(=O)(O)OCC[N+](C)(C)C)C(O)/C=C/CCCCCCCCCCCCCC. The quantitative estimate of drug-likeness (QED) is 0.0243. The van der Waals surface area contributed by atoms with Crippen LogP contribution in [0, 0.1) is 0 Å². The largest absolute Gasteiger partial charge is 0.472 e. The lowest BCUT2D eigenvalue weighted by atomic mass is 10.0. The molecule has 3 atom stereocenters. The highest BCUT2D eigenvalue weighted by molar-refractivity contribution is 7.47. The fourth-order valence-corrected chi connectivity index (χ4v) is 10.4.